The molecule has 0 amide bonds. The minimum atomic E-state index is -0.377. The first kappa shape index (κ1) is 14.3. The zero-order valence-corrected chi connectivity index (χ0v) is 12.2. The molecule has 0 atom stereocenters. The van der Waals surface area contributed by atoms with Crippen molar-refractivity contribution in [2.75, 3.05) is 0 Å². The molecule has 0 aliphatic carbocycles. The lowest BCUT2D eigenvalue weighted by molar-refractivity contribution is 0.0858. The van der Waals surface area contributed by atoms with Crippen LogP contribution in [-0.4, -0.2) is 5.78 Å². The Morgan fingerprint density at radius 3 is 2.35 bits per heavy atom. The molecule has 104 valence electrons. The fourth-order valence-electron chi connectivity index (χ4n) is 1.90. The smallest absolute Gasteiger partial charge is 0.168 e. The van der Waals surface area contributed by atoms with Crippen molar-refractivity contribution in [2.45, 2.75) is 27.4 Å². The van der Waals surface area contributed by atoms with Gasteiger partial charge in [0.05, 0.1) is 0 Å². The number of benzene rings is 2. The zero-order chi connectivity index (χ0) is 14.6. The molecule has 0 bridgehead atoms. The molecular weight excluding hydrogens is 248 g/mol. The average molecular weight is 268 g/mol. The summed E-state index contributed by atoms with van der Waals surface area (Å²) in [6.07, 6.45) is 0. The predicted octanol–water partition coefficient (Wildman–Crippen LogP) is 4.49. The molecule has 0 saturated heterocycles. The van der Waals surface area contributed by atoms with Crippen molar-refractivity contribution in [3.05, 3.63) is 65.7 Å². The number of rotatable bonds is 4. The SMILES string of the molecule is CC(C)(C)C(=O)c1cccc(OCc2ccccc2)c1. The topological polar surface area (TPSA) is 26.3 Å². The molecule has 2 aromatic rings. The quantitative estimate of drug-likeness (QED) is 0.763. The highest BCUT2D eigenvalue weighted by molar-refractivity contribution is 6.00. The first-order valence-electron chi connectivity index (χ1n) is 6.78. The van der Waals surface area contributed by atoms with E-state index in [0.29, 0.717) is 12.2 Å². The third-order valence-corrected chi connectivity index (χ3v) is 3.03. The molecule has 0 N–H and O–H groups in total. The Morgan fingerprint density at radius 1 is 1.00 bits per heavy atom. The van der Waals surface area contributed by atoms with Crippen LogP contribution in [0.15, 0.2) is 54.6 Å². The Kier molecular flexibility index (Phi) is 4.23. The van der Waals surface area contributed by atoms with Gasteiger partial charge in [0.2, 0.25) is 0 Å². The normalized spacial score (nSPS) is 11.2. The Bertz CT molecular complexity index is 580. The van der Waals surface area contributed by atoms with Crippen molar-refractivity contribution in [3.63, 3.8) is 0 Å². The molecule has 2 heteroatoms. The zero-order valence-electron chi connectivity index (χ0n) is 12.2. The van der Waals surface area contributed by atoms with Crippen molar-refractivity contribution < 1.29 is 9.53 Å². The Balaban J connectivity index is 2.09. The molecule has 0 aliphatic heterocycles. The van der Waals surface area contributed by atoms with Crippen LogP contribution in [0.2, 0.25) is 0 Å². The van der Waals surface area contributed by atoms with Crippen molar-refractivity contribution >= 4 is 5.78 Å². The van der Waals surface area contributed by atoms with E-state index in [1.807, 2.05) is 75.4 Å². The van der Waals surface area contributed by atoms with Gasteiger partial charge in [0.1, 0.15) is 12.4 Å². The summed E-state index contributed by atoms with van der Waals surface area (Å²) < 4.78 is 5.74. The van der Waals surface area contributed by atoms with E-state index in [2.05, 4.69) is 0 Å². The predicted molar refractivity (Wildman–Crippen MR) is 81.0 cm³/mol. The number of ether oxygens (including phenoxy) is 1. The van der Waals surface area contributed by atoms with E-state index in [4.69, 9.17) is 4.74 Å². The van der Waals surface area contributed by atoms with E-state index in [9.17, 15) is 4.79 Å². The van der Waals surface area contributed by atoms with Gasteiger partial charge in [0.15, 0.2) is 5.78 Å². The van der Waals surface area contributed by atoms with Crippen LogP contribution in [-0.2, 0) is 6.61 Å². The highest BCUT2D eigenvalue weighted by Gasteiger charge is 2.22. The molecule has 0 fully saturated rings. The number of ketones is 1. The monoisotopic (exact) mass is 268 g/mol. The molecule has 2 nitrogen and oxygen atoms in total. The van der Waals surface area contributed by atoms with E-state index in [-0.39, 0.29) is 11.2 Å². The van der Waals surface area contributed by atoms with E-state index >= 15 is 0 Å². The summed E-state index contributed by atoms with van der Waals surface area (Å²) in [5.41, 5.74) is 1.43. The Hall–Kier alpha value is -2.09. The highest BCUT2D eigenvalue weighted by Crippen LogP contribution is 2.23. The molecule has 0 heterocycles. The number of hydrogen-bond donors (Lipinski definition) is 0. The third-order valence-electron chi connectivity index (χ3n) is 3.03. The minimum absolute atomic E-state index is 0.127. The van der Waals surface area contributed by atoms with Crippen molar-refractivity contribution in [1.82, 2.24) is 0 Å². The maximum atomic E-state index is 12.2. The van der Waals surface area contributed by atoms with Crippen LogP contribution < -0.4 is 4.74 Å². The second-order valence-electron chi connectivity index (χ2n) is 5.88. The van der Waals surface area contributed by atoms with Crippen LogP contribution in [0.3, 0.4) is 0 Å². The molecule has 20 heavy (non-hydrogen) atoms. The van der Waals surface area contributed by atoms with Crippen molar-refractivity contribution in [2.24, 2.45) is 5.41 Å². The second kappa shape index (κ2) is 5.91. The first-order chi connectivity index (χ1) is 9.47. The fourth-order valence-corrected chi connectivity index (χ4v) is 1.90. The van der Waals surface area contributed by atoms with Gasteiger partial charge in [-0.05, 0) is 17.7 Å². The van der Waals surface area contributed by atoms with Crippen LogP contribution in [0.25, 0.3) is 0 Å². The van der Waals surface area contributed by atoms with Gasteiger partial charge in [-0.2, -0.15) is 0 Å². The van der Waals surface area contributed by atoms with Gasteiger partial charge in [-0.3, -0.25) is 4.79 Å². The molecule has 0 unspecified atom stereocenters. The Labute approximate surface area is 120 Å². The maximum Gasteiger partial charge on any atom is 0.168 e. The molecule has 0 saturated carbocycles. The van der Waals surface area contributed by atoms with E-state index in [0.717, 1.165) is 11.3 Å². The molecular formula is C18H20O2. The molecule has 0 aromatic heterocycles. The summed E-state index contributed by atoms with van der Waals surface area (Å²) in [6.45, 7) is 6.28. The molecule has 0 aliphatic rings. The lowest BCUT2D eigenvalue weighted by atomic mass is 9.86. The molecule has 0 radical (unpaired) electrons. The lowest BCUT2D eigenvalue weighted by Crippen LogP contribution is -2.20. The van der Waals surface area contributed by atoms with Gasteiger partial charge in [0.25, 0.3) is 0 Å². The third kappa shape index (κ3) is 3.70. The van der Waals surface area contributed by atoms with Gasteiger partial charge < -0.3 is 4.74 Å². The summed E-state index contributed by atoms with van der Waals surface area (Å²) in [7, 11) is 0. The average Bonchev–Trinajstić information content (AvgIpc) is 2.45. The highest BCUT2D eigenvalue weighted by atomic mass is 16.5. The summed E-state index contributed by atoms with van der Waals surface area (Å²) in [4.78, 5) is 12.2. The second-order valence-corrected chi connectivity index (χ2v) is 5.88. The van der Waals surface area contributed by atoms with Crippen molar-refractivity contribution in [3.8, 4) is 5.75 Å². The summed E-state index contributed by atoms with van der Waals surface area (Å²) in [5.74, 6) is 0.853. The molecule has 2 aromatic carbocycles. The summed E-state index contributed by atoms with van der Waals surface area (Å²) in [6, 6.07) is 17.4. The lowest BCUT2D eigenvalue weighted by Gasteiger charge is -2.17. The van der Waals surface area contributed by atoms with Gasteiger partial charge in [0, 0.05) is 11.0 Å². The summed E-state index contributed by atoms with van der Waals surface area (Å²) in [5, 5.41) is 0. The van der Waals surface area contributed by atoms with E-state index < -0.39 is 0 Å². The van der Waals surface area contributed by atoms with Gasteiger partial charge in [-0.15, -0.1) is 0 Å². The first-order valence-corrected chi connectivity index (χ1v) is 6.78. The Morgan fingerprint density at radius 2 is 1.70 bits per heavy atom. The number of carbonyl (C=O) groups excluding carboxylic acids is 1. The van der Waals surface area contributed by atoms with Crippen molar-refractivity contribution in [1.29, 1.82) is 0 Å². The van der Waals surface area contributed by atoms with Crippen LogP contribution in [0, 0.1) is 5.41 Å². The van der Waals surface area contributed by atoms with Gasteiger partial charge in [-0.1, -0.05) is 63.2 Å². The number of Topliss-reactive ketones (excluding diaryl/α,β-unsaturated/α-hetero) is 1. The minimum Gasteiger partial charge on any atom is -0.489 e. The largest absolute Gasteiger partial charge is 0.489 e. The number of hydrogen-bond acceptors (Lipinski definition) is 2. The van der Waals surface area contributed by atoms with Crippen LogP contribution >= 0.6 is 0 Å². The maximum absolute atomic E-state index is 12.2. The van der Waals surface area contributed by atoms with Gasteiger partial charge in [-0.25, -0.2) is 0 Å². The molecule has 0 spiro atoms. The fraction of sp³-hybridized carbons (Fsp3) is 0.278. The van der Waals surface area contributed by atoms with Crippen LogP contribution in [0.5, 0.6) is 5.75 Å². The molecule has 2 rings (SSSR count). The standard InChI is InChI=1S/C18H20O2/c1-18(2,3)17(19)15-10-7-11-16(12-15)20-13-14-8-5-4-6-9-14/h4-12H,13H2,1-3H3. The number of carbonyl (C=O) groups is 1. The van der Waals surface area contributed by atoms with Crippen LogP contribution in [0.4, 0.5) is 0 Å². The summed E-state index contributed by atoms with van der Waals surface area (Å²) >= 11 is 0. The van der Waals surface area contributed by atoms with Gasteiger partial charge >= 0.3 is 0 Å². The van der Waals surface area contributed by atoms with E-state index in [1.165, 1.54) is 0 Å². The van der Waals surface area contributed by atoms with E-state index in [1.54, 1.807) is 0 Å². The van der Waals surface area contributed by atoms with Crippen LogP contribution in [0.1, 0.15) is 36.7 Å².